The highest BCUT2D eigenvalue weighted by Gasteiger charge is 2.57. The molecule has 0 spiro atoms. The number of aliphatic hydroxyl groups is 1. The van der Waals surface area contributed by atoms with Crippen LogP contribution in [-0.4, -0.2) is 73.3 Å². The number of likely N-dealkylation sites (tertiary alicyclic amines) is 1. The van der Waals surface area contributed by atoms with Crippen molar-refractivity contribution in [3.8, 4) is 17.2 Å². The molecule has 11 heteroatoms. The van der Waals surface area contributed by atoms with E-state index in [0.29, 0.717) is 60.6 Å². The monoisotopic (exact) mass is 668 g/mol. The SMILES string of the molecule is CCOC(=O)CCc1cc(OC)c(OC2CCN(CC(O)(c3cn(Cc4ccccc4)c4cc(C)ccc34)C(F)(F)F)CC2)c(OC)c1. The van der Waals surface area contributed by atoms with Crippen molar-refractivity contribution in [3.05, 3.63) is 89.1 Å². The van der Waals surface area contributed by atoms with Gasteiger partial charge in [-0.1, -0.05) is 42.5 Å². The van der Waals surface area contributed by atoms with Gasteiger partial charge in [-0.3, -0.25) is 9.69 Å². The average Bonchev–Trinajstić information content (AvgIpc) is 3.42. The Hall–Kier alpha value is -4.22. The van der Waals surface area contributed by atoms with Crippen molar-refractivity contribution < 1.29 is 42.0 Å². The van der Waals surface area contributed by atoms with Crippen molar-refractivity contribution in [2.75, 3.05) is 40.5 Å². The zero-order valence-corrected chi connectivity index (χ0v) is 27.8. The van der Waals surface area contributed by atoms with Gasteiger partial charge in [0.15, 0.2) is 11.5 Å². The maximum absolute atomic E-state index is 14.9. The molecule has 0 amide bonds. The standard InChI is InChI=1S/C37H43F3N2O6/c1-5-47-34(43)14-12-27-20-32(45-3)35(33(21-27)46-4)48-28-15-17-41(18-16-28)24-36(44,37(38,39)40)30-23-42(22-26-9-7-6-8-10-26)31-19-25(2)11-13-29(30)31/h6-11,13,19-21,23,28,44H,5,12,14-18,22,24H2,1-4H3. The fourth-order valence-electron chi connectivity index (χ4n) is 6.32. The van der Waals surface area contributed by atoms with Crippen LogP contribution < -0.4 is 14.2 Å². The van der Waals surface area contributed by atoms with Gasteiger partial charge < -0.3 is 28.6 Å². The van der Waals surface area contributed by atoms with E-state index in [1.807, 2.05) is 43.3 Å². The molecule has 0 saturated carbocycles. The van der Waals surface area contributed by atoms with Gasteiger partial charge >= 0.3 is 12.1 Å². The number of ether oxygens (including phenoxy) is 4. The number of aromatic nitrogens is 1. The Morgan fingerprint density at radius 3 is 2.23 bits per heavy atom. The maximum Gasteiger partial charge on any atom is 0.422 e. The Morgan fingerprint density at radius 1 is 0.958 bits per heavy atom. The van der Waals surface area contributed by atoms with Gasteiger partial charge in [-0.15, -0.1) is 0 Å². The molecular weight excluding hydrogens is 625 g/mol. The van der Waals surface area contributed by atoms with Crippen molar-refractivity contribution in [3.63, 3.8) is 0 Å². The number of fused-ring (bicyclic) bond motifs is 1. The minimum Gasteiger partial charge on any atom is -0.493 e. The van der Waals surface area contributed by atoms with E-state index in [9.17, 15) is 23.1 Å². The number of piperidine rings is 1. The summed E-state index contributed by atoms with van der Waals surface area (Å²) in [5.41, 5.74) is 0.0568. The van der Waals surface area contributed by atoms with Crippen LogP contribution >= 0.6 is 0 Å². The number of aryl methyl sites for hydroxylation is 2. The lowest BCUT2D eigenvalue weighted by molar-refractivity contribution is -0.272. The van der Waals surface area contributed by atoms with Gasteiger partial charge in [-0.05, 0) is 68.0 Å². The lowest BCUT2D eigenvalue weighted by atomic mass is 9.90. The van der Waals surface area contributed by atoms with Crippen LogP contribution in [-0.2, 0) is 28.1 Å². The van der Waals surface area contributed by atoms with E-state index < -0.39 is 18.3 Å². The number of benzene rings is 3. The Kier molecular flexibility index (Phi) is 10.9. The topological polar surface area (TPSA) is 82.4 Å². The summed E-state index contributed by atoms with van der Waals surface area (Å²) in [5.74, 6) is 0.966. The Balaban J connectivity index is 1.33. The number of hydrogen-bond donors (Lipinski definition) is 1. The van der Waals surface area contributed by atoms with Crippen LogP contribution in [0.25, 0.3) is 10.9 Å². The van der Waals surface area contributed by atoms with E-state index in [-0.39, 0.29) is 37.1 Å². The Labute approximate surface area is 279 Å². The number of alkyl halides is 3. The maximum atomic E-state index is 14.9. The second kappa shape index (κ2) is 14.9. The second-order valence-corrected chi connectivity index (χ2v) is 12.3. The van der Waals surface area contributed by atoms with Crippen molar-refractivity contribution in [1.82, 2.24) is 9.47 Å². The number of nitrogens with zero attached hydrogens (tertiary/aromatic N) is 2. The number of carbonyl (C=O) groups excluding carboxylic acids is 1. The number of rotatable bonds is 13. The molecule has 1 aromatic heterocycles. The van der Waals surface area contributed by atoms with Crippen LogP contribution in [0.1, 0.15) is 48.4 Å². The van der Waals surface area contributed by atoms with Crippen molar-refractivity contribution in [2.24, 2.45) is 0 Å². The number of hydrogen-bond acceptors (Lipinski definition) is 7. The van der Waals surface area contributed by atoms with Crippen LogP contribution in [0.2, 0.25) is 0 Å². The fraction of sp³-hybridized carbons (Fsp3) is 0.432. The number of halogens is 3. The van der Waals surface area contributed by atoms with Crippen molar-refractivity contribution in [2.45, 2.75) is 64.0 Å². The van der Waals surface area contributed by atoms with Crippen molar-refractivity contribution in [1.29, 1.82) is 0 Å². The van der Waals surface area contributed by atoms with Gasteiger partial charge in [0, 0.05) is 55.3 Å². The number of carbonyl (C=O) groups is 1. The first kappa shape index (κ1) is 35.1. The van der Waals surface area contributed by atoms with Crippen LogP contribution in [0.4, 0.5) is 13.2 Å². The second-order valence-electron chi connectivity index (χ2n) is 12.3. The molecule has 0 bridgehead atoms. The van der Waals surface area contributed by atoms with E-state index in [4.69, 9.17) is 18.9 Å². The Bertz CT molecular complexity index is 1670. The Morgan fingerprint density at radius 2 is 1.62 bits per heavy atom. The fourth-order valence-corrected chi connectivity index (χ4v) is 6.32. The smallest absolute Gasteiger partial charge is 0.422 e. The summed E-state index contributed by atoms with van der Waals surface area (Å²) in [5, 5.41) is 12.0. The first-order valence-corrected chi connectivity index (χ1v) is 16.2. The summed E-state index contributed by atoms with van der Waals surface area (Å²) in [6.07, 6.45) is -2.29. The lowest BCUT2D eigenvalue weighted by Gasteiger charge is -2.39. The molecule has 1 fully saturated rings. The van der Waals surface area contributed by atoms with Gasteiger partial charge in [-0.2, -0.15) is 13.2 Å². The first-order valence-electron chi connectivity index (χ1n) is 16.2. The molecule has 5 rings (SSSR count). The molecule has 3 aromatic carbocycles. The third-order valence-electron chi connectivity index (χ3n) is 8.86. The third kappa shape index (κ3) is 7.73. The molecule has 1 aliphatic rings. The quantitative estimate of drug-likeness (QED) is 0.157. The van der Waals surface area contributed by atoms with Crippen LogP contribution in [0, 0.1) is 6.92 Å². The predicted molar refractivity (Wildman–Crippen MR) is 177 cm³/mol. The molecule has 8 nitrogen and oxygen atoms in total. The summed E-state index contributed by atoms with van der Waals surface area (Å²) >= 11 is 0. The highest BCUT2D eigenvalue weighted by atomic mass is 19.4. The molecule has 258 valence electrons. The molecule has 48 heavy (non-hydrogen) atoms. The van der Waals surface area contributed by atoms with E-state index in [2.05, 4.69) is 0 Å². The summed E-state index contributed by atoms with van der Waals surface area (Å²) in [6.45, 7) is 4.29. The van der Waals surface area contributed by atoms with Crippen LogP contribution in [0.15, 0.2) is 66.9 Å². The average molecular weight is 669 g/mol. The largest absolute Gasteiger partial charge is 0.493 e. The number of esters is 1. The first-order chi connectivity index (χ1) is 22.9. The summed E-state index contributed by atoms with van der Waals surface area (Å²) < 4.78 is 69.1. The molecule has 0 radical (unpaired) electrons. The molecular formula is C37H43F3N2O6. The molecule has 0 aliphatic carbocycles. The van der Waals surface area contributed by atoms with E-state index >= 15 is 0 Å². The van der Waals surface area contributed by atoms with Crippen molar-refractivity contribution >= 4 is 16.9 Å². The van der Waals surface area contributed by atoms with E-state index in [1.165, 1.54) is 20.4 Å². The van der Waals surface area contributed by atoms with Gasteiger partial charge in [0.25, 0.3) is 0 Å². The minimum absolute atomic E-state index is 0.156. The highest BCUT2D eigenvalue weighted by molar-refractivity contribution is 5.86. The molecule has 4 aromatic rings. The number of β-amino-alcohol motifs (C(OH)–C–C–N with tert-alkyl or cyclic N) is 1. The molecule has 1 atom stereocenters. The van der Waals surface area contributed by atoms with Crippen LogP contribution in [0.3, 0.4) is 0 Å². The molecule has 1 N–H and O–H groups in total. The van der Waals surface area contributed by atoms with Gasteiger partial charge in [0.1, 0.15) is 6.10 Å². The zero-order valence-electron chi connectivity index (χ0n) is 27.8. The zero-order chi connectivity index (χ0) is 34.5. The third-order valence-corrected chi connectivity index (χ3v) is 8.86. The van der Waals surface area contributed by atoms with Crippen LogP contribution in [0.5, 0.6) is 17.2 Å². The molecule has 1 saturated heterocycles. The number of methoxy groups -OCH3 is 2. The molecule has 1 unspecified atom stereocenters. The van der Waals surface area contributed by atoms with Gasteiger partial charge in [0.05, 0.1) is 20.8 Å². The normalized spacial score (nSPS) is 15.7. The van der Waals surface area contributed by atoms with Gasteiger partial charge in [-0.25, -0.2) is 0 Å². The highest BCUT2D eigenvalue weighted by Crippen LogP contribution is 2.45. The summed E-state index contributed by atoms with van der Waals surface area (Å²) in [4.78, 5) is 13.5. The molecule has 2 heterocycles. The predicted octanol–water partition coefficient (Wildman–Crippen LogP) is 6.80. The lowest BCUT2D eigenvalue weighted by Crippen LogP contribution is -2.53. The van der Waals surface area contributed by atoms with E-state index in [1.54, 1.807) is 40.7 Å². The summed E-state index contributed by atoms with van der Waals surface area (Å²) in [7, 11) is 3.02. The van der Waals surface area contributed by atoms with Gasteiger partial charge in [0.2, 0.25) is 11.4 Å². The summed E-state index contributed by atoms with van der Waals surface area (Å²) in [6, 6.07) is 18.4. The molecule has 1 aliphatic heterocycles. The minimum atomic E-state index is -4.92. The van der Waals surface area contributed by atoms with E-state index in [0.717, 1.165) is 16.7 Å².